The second kappa shape index (κ2) is 11.7. The number of hydrogen-bond donors (Lipinski definition) is 2. The van der Waals surface area contributed by atoms with Gasteiger partial charge in [-0.1, -0.05) is 37.8 Å². The van der Waals surface area contributed by atoms with E-state index in [-0.39, 0.29) is 25.0 Å². The summed E-state index contributed by atoms with van der Waals surface area (Å²) in [7, 11) is 0. The van der Waals surface area contributed by atoms with Crippen LogP contribution < -0.4 is 0 Å². The maximum absolute atomic E-state index is 12.3. The van der Waals surface area contributed by atoms with Gasteiger partial charge in [0, 0.05) is 43.4 Å². The second-order valence-electron chi connectivity index (χ2n) is 5.84. The fourth-order valence-corrected chi connectivity index (χ4v) is 2.71. The summed E-state index contributed by atoms with van der Waals surface area (Å²) in [6.07, 6.45) is -5.86. The van der Waals surface area contributed by atoms with Crippen LogP contribution >= 0.6 is 0 Å². The molecule has 0 saturated heterocycles. The van der Waals surface area contributed by atoms with Gasteiger partial charge in [0.25, 0.3) is 0 Å². The molecule has 5 nitrogen and oxygen atoms in total. The highest BCUT2D eigenvalue weighted by Crippen LogP contribution is 2.33. The molecule has 5 heteroatoms. The standard InChI is InChI=1S/C20H30O5/c1-2-3-6-9-15(21)12-13-17-16(18(22)14-19(17)23)10-7-4-5-8-11-20(24)25/h4,7,12-13,16-17,19,23H,2-3,5-6,8-11,14H2,1H3,(H,24,25)/b7-4-,13-12+/t16-,17-,19-/m1/s1/i1D3,2D2,3D2,6D2. The number of ketones is 2. The molecule has 1 aliphatic carbocycles. The van der Waals surface area contributed by atoms with Gasteiger partial charge in [-0.2, -0.15) is 0 Å². The van der Waals surface area contributed by atoms with E-state index in [2.05, 4.69) is 0 Å². The summed E-state index contributed by atoms with van der Waals surface area (Å²) in [5, 5.41) is 18.8. The lowest BCUT2D eigenvalue weighted by molar-refractivity contribution is -0.137. The van der Waals surface area contributed by atoms with E-state index in [4.69, 9.17) is 17.4 Å². The quantitative estimate of drug-likeness (QED) is 0.316. The minimum atomic E-state index is -3.57. The number of Topliss-reactive ketones (excluding diaryl/α,β-unsaturated/α-hetero) is 1. The Morgan fingerprint density at radius 3 is 2.84 bits per heavy atom. The molecule has 0 aromatic carbocycles. The topological polar surface area (TPSA) is 91.7 Å². The summed E-state index contributed by atoms with van der Waals surface area (Å²) in [5.41, 5.74) is 0. The molecule has 2 N–H and O–H groups in total. The van der Waals surface area contributed by atoms with Crippen LogP contribution in [0.5, 0.6) is 0 Å². The fourth-order valence-electron chi connectivity index (χ4n) is 2.71. The summed E-state index contributed by atoms with van der Waals surface area (Å²) < 4.78 is 68.0. The number of aliphatic hydroxyl groups excluding tert-OH is 1. The molecule has 0 radical (unpaired) electrons. The first-order valence-corrected chi connectivity index (χ1v) is 8.14. The van der Waals surface area contributed by atoms with Gasteiger partial charge in [0.15, 0.2) is 5.78 Å². The van der Waals surface area contributed by atoms with E-state index in [9.17, 15) is 19.5 Å². The minimum Gasteiger partial charge on any atom is -0.481 e. The Morgan fingerprint density at radius 1 is 1.32 bits per heavy atom. The molecule has 0 amide bonds. The van der Waals surface area contributed by atoms with Crippen LogP contribution in [0.3, 0.4) is 0 Å². The van der Waals surface area contributed by atoms with E-state index in [1.54, 1.807) is 12.2 Å². The predicted octanol–water partition coefficient (Wildman–Crippen LogP) is 3.46. The number of carbonyl (C=O) groups is 3. The third-order valence-corrected chi connectivity index (χ3v) is 3.97. The largest absolute Gasteiger partial charge is 0.481 e. The Kier molecular flexibility index (Phi) is 5.20. The monoisotopic (exact) mass is 359 g/mol. The number of aliphatic hydroxyl groups is 1. The predicted molar refractivity (Wildman–Crippen MR) is 96.1 cm³/mol. The third-order valence-electron chi connectivity index (χ3n) is 3.97. The van der Waals surface area contributed by atoms with E-state index in [1.165, 1.54) is 6.08 Å². The number of rotatable bonds is 12. The van der Waals surface area contributed by atoms with E-state index in [0.717, 1.165) is 6.08 Å². The smallest absolute Gasteiger partial charge is 0.303 e. The van der Waals surface area contributed by atoms with Crippen LogP contribution in [-0.2, 0) is 14.4 Å². The molecule has 140 valence electrons. The summed E-state index contributed by atoms with van der Waals surface area (Å²) in [4.78, 5) is 35.1. The summed E-state index contributed by atoms with van der Waals surface area (Å²) in [5.74, 6) is -3.50. The Hall–Kier alpha value is -1.75. The van der Waals surface area contributed by atoms with Crippen molar-refractivity contribution in [3.05, 3.63) is 24.3 Å². The lowest BCUT2D eigenvalue weighted by Gasteiger charge is -2.15. The lowest BCUT2D eigenvalue weighted by Crippen LogP contribution is -2.18. The van der Waals surface area contributed by atoms with Crippen LogP contribution in [-0.4, -0.2) is 33.9 Å². The lowest BCUT2D eigenvalue weighted by atomic mass is 9.90. The van der Waals surface area contributed by atoms with Crippen molar-refractivity contribution in [3.8, 4) is 0 Å². The van der Waals surface area contributed by atoms with E-state index >= 15 is 0 Å². The molecular weight excluding hydrogens is 320 g/mol. The summed E-state index contributed by atoms with van der Waals surface area (Å²) >= 11 is 0. The van der Waals surface area contributed by atoms with E-state index in [0.29, 0.717) is 12.8 Å². The molecule has 0 unspecified atom stereocenters. The molecule has 1 fully saturated rings. The van der Waals surface area contributed by atoms with Crippen LogP contribution in [0.4, 0.5) is 0 Å². The minimum absolute atomic E-state index is 0.0121. The van der Waals surface area contributed by atoms with Crippen LogP contribution in [0.2, 0.25) is 0 Å². The summed E-state index contributed by atoms with van der Waals surface area (Å²) in [6.45, 7) is -3.47. The number of allylic oxidation sites excluding steroid dienone is 3. The Labute approximate surface area is 162 Å². The van der Waals surface area contributed by atoms with Gasteiger partial charge in [-0.15, -0.1) is 0 Å². The zero-order valence-electron chi connectivity index (χ0n) is 22.9. The molecule has 3 atom stereocenters. The number of unbranched alkanes of at least 4 members (excludes halogenated alkanes) is 1. The molecule has 0 aliphatic heterocycles. The van der Waals surface area contributed by atoms with Gasteiger partial charge >= 0.3 is 5.97 Å². The van der Waals surface area contributed by atoms with Crippen molar-refractivity contribution in [1.82, 2.24) is 0 Å². The molecule has 0 spiro atoms. The third kappa shape index (κ3) is 8.25. The van der Waals surface area contributed by atoms with Gasteiger partial charge in [-0.25, -0.2) is 0 Å². The SMILES string of the molecule is [2H]C([2H])([2H])C([2H])([2H])C([2H])([2H])C([2H])([2H])CC(=O)/C=C/[C@H]1[C@H](O)CC(=O)[C@@H]1C/C=C\CCCC(=O)O. The van der Waals surface area contributed by atoms with Gasteiger partial charge in [0.1, 0.15) is 5.78 Å². The molecule has 0 aromatic heterocycles. The average Bonchev–Trinajstić information content (AvgIpc) is 2.93. The van der Waals surface area contributed by atoms with Gasteiger partial charge < -0.3 is 10.2 Å². The maximum atomic E-state index is 12.3. The van der Waals surface area contributed by atoms with Gasteiger partial charge in [0.2, 0.25) is 0 Å². The van der Waals surface area contributed by atoms with Crippen LogP contribution in [0.1, 0.15) is 76.8 Å². The first-order chi connectivity index (χ1) is 15.3. The number of carbonyl (C=O) groups excluding carboxylic acids is 2. The Bertz CT molecular complexity index is 818. The second-order valence-corrected chi connectivity index (χ2v) is 5.84. The highest BCUT2D eigenvalue weighted by molar-refractivity contribution is 5.90. The molecule has 1 rings (SSSR count). The van der Waals surface area contributed by atoms with Crippen molar-refractivity contribution in [2.45, 2.75) is 70.6 Å². The fraction of sp³-hybridized carbons (Fsp3) is 0.650. The Morgan fingerprint density at radius 2 is 2.12 bits per heavy atom. The number of aliphatic carboxylic acids is 1. The molecular formula is C20H30O5. The number of carboxylic acids is 1. The molecule has 1 saturated carbocycles. The molecule has 25 heavy (non-hydrogen) atoms. The van der Waals surface area contributed by atoms with Gasteiger partial charge in [-0.05, 0) is 31.7 Å². The number of carboxylic acid groups (broad SMARTS) is 1. The van der Waals surface area contributed by atoms with E-state index < -0.39 is 62.1 Å². The van der Waals surface area contributed by atoms with Crippen LogP contribution in [0.25, 0.3) is 0 Å². The first-order valence-electron chi connectivity index (χ1n) is 12.6. The number of hydrogen-bond acceptors (Lipinski definition) is 4. The average molecular weight is 360 g/mol. The van der Waals surface area contributed by atoms with Crippen molar-refractivity contribution < 1.29 is 36.9 Å². The van der Waals surface area contributed by atoms with Crippen molar-refractivity contribution in [1.29, 1.82) is 0 Å². The Balaban J connectivity index is 2.87. The zero-order chi connectivity index (χ0) is 26.5. The molecule has 0 bridgehead atoms. The normalized spacial score (nSPS) is 31.3. The van der Waals surface area contributed by atoms with Crippen molar-refractivity contribution in [2.75, 3.05) is 0 Å². The summed E-state index contributed by atoms with van der Waals surface area (Å²) in [6, 6.07) is 0. The first kappa shape index (κ1) is 11.1. The molecule has 1 aliphatic rings. The molecule has 0 aromatic rings. The van der Waals surface area contributed by atoms with Gasteiger partial charge in [0.05, 0.1) is 6.10 Å². The van der Waals surface area contributed by atoms with Crippen molar-refractivity contribution >= 4 is 17.5 Å². The highest BCUT2D eigenvalue weighted by atomic mass is 16.4. The maximum Gasteiger partial charge on any atom is 0.303 e. The van der Waals surface area contributed by atoms with Crippen LogP contribution in [0.15, 0.2) is 24.3 Å². The van der Waals surface area contributed by atoms with Crippen LogP contribution in [0, 0.1) is 11.8 Å². The van der Waals surface area contributed by atoms with Gasteiger partial charge in [-0.3, -0.25) is 14.4 Å². The zero-order valence-corrected chi connectivity index (χ0v) is 13.9. The van der Waals surface area contributed by atoms with Crippen molar-refractivity contribution in [3.63, 3.8) is 0 Å². The highest BCUT2D eigenvalue weighted by Gasteiger charge is 2.39. The molecule has 0 heterocycles. The van der Waals surface area contributed by atoms with E-state index in [1.807, 2.05) is 0 Å². The van der Waals surface area contributed by atoms with Crippen molar-refractivity contribution in [2.24, 2.45) is 11.8 Å².